The minimum atomic E-state index is -3.52. The topological polar surface area (TPSA) is 75.7 Å². The molecule has 1 N–H and O–H groups in total. The SMILES string of the molecule is COc1ccc(C(=O)Nc2cccc(CN(c3ccc(C)c(C)c3)S(C)(=O)=O)c2)cc1Cl. The molecular weight excluding hydrogens is 448 g/mol. The average Bonchev–Trinajstić information content (AvgIpc) is 2.73. The number of benzene rings is 3. The van der Waals surface area contributed by atoms with Crippen molar-refractivity contribution in [2.24, 2.45) is 0 Å². The fourth-order valence-electron chi connectivity index (χ4n) is 3.20. The number of rotatable bonds is 7. The number of nitrogens with one attached hydrogen (secondary N) is 1. The maximum absolute atomic E-state index is 12.6. The molecule has 0 aliphatic carbocycles. The van der Waals surface area contributed by atoms with E-state index in [1.165, 1.54) is 23.7 Å². The van der Waals surface area contributed by atoms with Crippen LogP contribution in [0.2, 0.25) is 5.02 Å². The Morgan fingerprint density at radius 3 is 2.41 bits per heavy atom. The summed E-state index contributed by atoms with van der Waals surface area (Å²) in [6.45, 7) is 4.06. The summed E-state index contributed by atoms with van der Waals surface area (Å²) >= 11 is 6.11. The van der Waals surface area contributed by atoms with Gasteiger partial charge in [0.1, 0.15) is 5.75 Å². The summed E-state index contributed by atoms with van der Waals surface area (Å²) in [6, 6.07) is 17.4. The van der Waals surface area contributed by atoms with Crippen LogP contribution in [0.25, 0.3) is 0 Å². The highest BCUT2D eigenvalue weighted by Crippen LogP contribution is 2.26. The Hall–Kier alpha value is -3.03. The molecule has 1 amide bonds. The van der Waals surface area contributed by atoms with Crippen LogP contribution in [-0.4, -0.2) is 27.7 Å². The third-order valence-corrected chi connectivity index (χ3v) is 6.54. The first-order chi connectivity index (χ1) is 15.1. The van der Waals surface area contributed by atoms with E-state index in [2.05, 4.69) is 5.32 Å². The number of amides is 1. The fraction of sp³-hybridized carbons (Fsp3) is 0.208. The Kier molecular flexibility index (Phi) is 7.11. The second-order valence-corrected chi connectivity index (χ2v) is 9.86. The standard InChI is InChI=1S/C24H25ClN2O4S/c1-16-8-10-21(12-17(16)2)27(32(4,29)30)15-18-6-5-7-20(13-18)26-24(28)19-9-11-23(31-3)22(25)14-19/h5-14H,15H2,1-4H3,(H,26,28). The maximum Gasteiger partial charge on any atom is 0.255 e. The van der Waals surface area contributed by atoms with E-state index in [4.69, 9.17) is 16.3 Å². The smallest absolute Gasteiger partial charge is 0.255 e. The Bertz CT molecular complexity index is 1260. The van der Waals surface area contributed by atoms with Crippen molar-refractivity contribution in [1.82, 2.24) is 0 Å². The molecule has 0 saturated heterocycles. The van der Waals surface area contributed by atoms with Crippen LogP contribution in [0.3, 0.4) is 0 Å². The average molecular weight is 473 g/mol. The molecule has 0 unspecified atom stereocenters. The Balaban J connectivity index is 1.83. The molecule has 6 nitrogen and oxygen atoms in total. The zero-order valence-electron chi connectivity index (χ0n) is 18.3. The molecule has 0 aliphatic heterocycles. The summed E-state index contributed by atoms with van der Waals surface area (Å²) in [7, 11) is -2.01. The molecule has 168 valence electrons. The van der Waals surface area contributed by atoms with Gasteiger partial charge in [0.25, 0.3) is 5.91 Å². The van der Waals surface area contributed by atoms with Crippen LogP contribution in [0.4, 0.5) is 11.4 Å². The first-order valence-corrected chi connectivity index (χ1v) is 12.1. The fourth-order valence-corrected chi connectivity index (χ4v) is 4.34. The van der Waals surface area contributed by atoms with Crippen molar-refractivity contribution in [3.8, 4) is 5.75 Å². The van der Waals surface area contributed by atoms with Gasteiger partial charge >= 0.3 is 0 Å². The molecule has 0 saturated carbocycles. The second kappa shape index (κ2) is 9.63. The van der Waals surface area contributed by atoms with Crippen LogP contribution in [0, 0.1) is 13.8 Å². The van der Waals surface area contributed by atoms with Gasteiger partial charge in [-0.15, -0.1) is 0 Å². The minimum absolute atomic E-state index is 0.138. The van der Waals surface area contributed by atoms with Gasteiger partial charge in [0.15, 0.2) is 0 Å². The number of sulfonamides is 1. The van der Waals surface area contributed by atoms with Crippen molar-refractivity contribution in [2.45, 2.75) is 20.4 Å². The highest BCUT2D eigenvalue weighted by molar-refractivity contribution is 7.92. The first kappa shape index (κ1) is 23.6. The molecule has 0 heterocycles. The molecule has 0 fully saturated rings. The van der Waals surface area contributed by atoms with Crippen molar-refractivity contribution in [2.75, 3.05) is 23.0 Å². The van der Waals surface area contributed by atoms with Crippen molar-refractivity contribution in [3.05, 3.63) is 87.9 Å². The van der Waals surface area contributed by atoms with Gasteiger partial charge in [-0.3, -0.25) is 9.10 Å². The number of ether oxygens (including phenoxy) is 1. The van der Waals surface area contributed by atoms with E-state index >= 15 is 0 Å². The van der Waals surface area contributed by atoms with Gasteiger partial charge in [-0.1, -0.05) is 29.8 Å². The zero-order valence-corrected chi connectivity index (χ0v) is 19.9. The number of hydrogen-bond acceptors (Lipinski definition) is 4. The molecule has 3 aromatic rings. The second-order valence-electron chi connectivity index (χ2n) is 7.54. The van der Waals surface area contributed by atoms with E-state index in [0.717, 1.165) is 16.7 Å². The van der Waals surface area contributed by atoms with E-state index in [-0.39, 0.29) is 12.5 Å². The summed E-state index contributed by atoms with van der Waals surface area (Å²) in [5.41, 5.74) is 4.36. The summed E-state index contributed by atoms with van der Waals surface area (Å²) in [5.74, 6) is 0.151. The van der Waals surface area contributed by atoms with E-state index < -0.39 is 10.0 Å². The lowest BCUT2D eigenvalue weighted by atomic mass is 10.1. The summed E-state index contributed by atoms with van der Waals surface area (Å²) in [5, 5.41) is 3.16. The molecule has 3 aromatic carbocycles. The van der Waals surface area contributed by atoms with Crippen molar-refractivity contribution in [1.29, 1.82) is 0 Å². The highest BCUT2D eigenvalue weighted by atomic mass is 35.5. The molecule has 0 atom stereocenters. The number of nitrogens with zero attached hydrogens (tertiary/aromatic N) is 1. The molecule has 0 bridgehead atoms. The predicted molar refractivity (Wildman–Crippen MR) is 129 cm³/mol. The lowest BCUT2D eigenvalue weighted by Crippen LogP contribution is -2.29. The Labute approximate surface area is 193 Å². The first-order valence-electron chi connectivity index (χ1n) is 9.87. The molecule has 0 spiro atoms. The van der Waals surface area contributed by atoms with E-state index in [0.29, 0.717) is 27.7 Å². The predicted octanol–water partition coefficient (Wildman–Crippen LogP) is 5.18. The van der Waals surface area contributed by atoms with E-state index in [9.17, 15) is 13.2 Å². The van der Waals surface area contributed by atoms with Gasteiger partial charge in [-0.25, -0.2) is 8.42 Å². The number of anilines is 2. The number of methoxy groups -OCH3 is 1. The number of carbonyl (C=O) groups excluding carboxylic acids is 1. The molecule has 32 heavy (non-hydrogen) atoms. The van der Waals surface area contributed by atoms with Gasteiger partial charge in [0.05, 0.1) is 30.6 Å². The van der Waals surface area contributed by atoms with Gasteiger partial charge in [-0.05, 0) is 73.0 Å². The normalized spacial score (nSPS) is 11.2. The number of halogens is 1. The Morgan fingerprint density at radius 1 is 1.03 bits per heavy atom. The minimum Gasteiger partial charge on any atom is -0.495 e. The summed E-state index contributed by atoms with van der Waals surface area (Å²) < 4.78 is 31.5. The molecule has 0 radical (unpaired) electrons. The molecule has 3 rings (SSSR count). The number of aryl methyl sites for hydroxylation is 2. The number of hydrogen-bond donors (Lipinski definition) is 1. The summed E-state index contributed by atoms with van der Waals surface area (Å²) in [4.78, 5) is 12.6. The Morgan fingerprint density at radius 2 is 1.78 bits per heavy atom. The summed E-state index contributed by atoms with van der Waals surface area (Å²) in [6.07, 6.45) is 1.18. The monoisotopic (exact) mass is 472 g/mol. The lowest BCUT2D eigenvalue weighted by Gasteiger charge is -2.23. The lowest BCUT2D eigenvalue weighted by molar-refractivity contribution is 0.102. The third kappa shape index (κ3) is 5.60. The van der Waals surface area contributed by atoms with Gasteiger partial charge in [0.2, 0.25) is 10.0 Å². The van der Waals surface area contributed by atoms with Crippen LogP contribution in [0.1, 0.15) is 27.0 Å². The molecule has 0 aliphatic rings. The highest BCUT2D eigenvalue weighted by Gasteiger charge is 2.19. The van der Waals surface area contributed by atoms with E-state index in [1.54, 1.807) is 36.4 Å². The molecule has 0 aromatic heterocycles. The van der Waals surface area contributed by atoms with Crippen LogP contribution >= 0.6 is 11.6 Å². The van der Waals surface area contributed by atoms with Crippen LogP contribution in [0.5, 0.6) is 5.75 Å². The van der Waals surface area contributed by atoms with Gasteiger partial charge < -0.3 is 10.1 Å². The van der Waals surface area contributed by atoms with Gasteiger partial charge in [0, 0.05) is 11.3 Å². The van der Waals surface area contributed by atoms with Crippen LogP contribution in [-0.2, 0) is 16.6 Å². The maximum atomic E-state index is 12.6. The van der Waals surface area contributed by atoms with E-state index in [1.807, 2.05) is 32.0 Å². The van der Waals surface area contributed by atoms with Crippen LogP contribution in [0.15, 0.2) is 60.7 Å². The van der Waals surface area contributed by atoms with Crippen molar-refractivity contribution >= 4 is 38.9 Å². The zero-order chi connectivity index (χ0) is 23.5. The van der Waals surface area contributed by atoms with Gasteiger partial charge in [-0.2, -0.15) is 0 Å². The quantitative estimate of drug-likeness (QED) is 0.513. The third-order valence-electron chi connectivity index (χ3n) is 5.10. The number of carbonyl (C=O) groups is 1. The molecule has 8 heteroatoms. The van der Waals surface area contributed by atoms with Crippen LogP contribution < -0.4 is 14.4 Å². The molecular formula is C24H25ClN2O4S. The largest absolute Gasteiger partial charge is 0.495 e. The van der Waals surface area contributed by atoms with Crippen molar-refractivity contribution < 1.29 is 17.9 Å². The van der Waals surface area contributed by atoms with Crippen molar-refractivity contribution in [3.63, 3.8) is 0 Å².